The number of nitrogens with zero attached hydrogens (tertiary/aromatic N) is 3. The number of ether oxygens (including phenoxy) is 1. The van der Waals surface area contributed by atoms with Crippen LogP contribution >= 0.6 is 11.3 Å². The number of carbonyl (C=O) groups is 2. The molecule has 0 spiro atoms. The van der Waals surface area contributed by atoms with Crippen LogP contribution in [0.25, 0.3) is 0 Å². The van der Waals surface area contributed by atoms with Gasteiger partial charge >= 0.3 is 6.09 Å². The molecule has 0 N–H and O–H groups in total. The minimum Gasteiger partial charge on any atom is -0.448 e. The van der Waals surface area contributed by atoms with Crippen LogP contribution in [0.2, 0.25) is 0 Å². The number of amides is 2. The van der Waals surface area contributed by atoms with E-state index in [1.165, 1.54) is 16.2 Å². The highest BCUT2D eigenvalue weighted by Crippen LogP contribution is 2.22. The summed E-state index contributed by atoms with van der Waals surface area (Å²) in [5.41, 5.74) is 0.954. The van der Waals surface area contributed by atoms with Crippen LogP contribution in [-0.2, 0) is 9.53 Å². The zero-order chi connectivity index (χ0) is 14.0. The summed E-state index contributed by atoms with van der Waals surface area (Å²) in [5, 5.41) is 2.86. The van der Waals surface area contributed by atoms with Crippen LogP contribution in [0.4, 0.5) is 4.79 Å². The van der Waals surface area contributed by atoms with Gasteiger partial charge in [0.2, 0.25) is 5.91 Å². The van der Waals surface area contributed by atoms with Crippen molar-refractivity contribution in [2.24, 2.45) is 0 Å². The fraction of sp³-hybridized carbons (Fsp3) is 0.583. The second-order valence-corrected chi connectivity index (χ2v) is 5.43. The van der Waals surface area contributed by atoms with Crippen LogP contribution < -0.4 is 0 Å². The maximum absolute atomic E-state index is 12.1. The minimum absolute atomic E-state index is 0.0596. The first kappa shape index (κ1) is 13.8. The van der Waals surface area contributed by atoms with E-state index in [9.17, 15) is 9.59 Å². The monoisotopic (exact) mass is 283 g/mol. The van der Waals surface area contributed by atoms with E-state index in [1.807, 2.05) is 19.2 Å². The van der Waals surface area contributed by atoms with Crippen LogP contribution in [0.1, 0.15) is 23.7 Å². The van der Waals surface area contributed by atoms with Crippen molar-refractivity contribution in [2.45, 2.75) is 19.9 Å². The molecule has 1 aliphatic rings. The zero-order valence-corrected chi connectivity index (χ0v) is 12.1. The molecule has 1 aromatic heterocycles. The Balaban J connectivity index is 1.96. The molecule has 7 heteroatoms. The summed E-state index contributed by atoms with van der Waals surface area (Å²) in [7, 11) is 1.73. The maximum atomic E-state index is 12.1. The Labute approximate surface area is 116 Å². The van der Waals surface area contributed by atoms with Crippen LogP contribution in [0, 0.1) is 6.92 Å². The first-order valence-corrected chi connectivity index (χ1v) is 6.96. The first-order chi connectivity index (χ1) is 8.99. The van der Waals surface area contributed by atoms with Gasteiger partial charge in [-0.2, -0.15) is 0 Å². The van der Waals surface area contributed by atoms with E-state index < -0.39 is 6.09 Å². The van der Waals surface area contributed by atoms with E-state index in [4.69, 9.17) is 4.74 Å². The fourth-order valence-corrected chi connectivity index (χ4v) is 2.69. The van der Waals surface area contributed by atoms with Crippen LogP contribution in [0.5, 0.6) is 0 Å². The van der Waals surface area contributed by atoms with Crippen molar-refractivity contribution in [3.63, 3.8) is 0 Å². The molecule has 0 aromatic carbocycles. The van der Waals surface area contributed by atoms with Gasteiger partial charge in [-0.15, -0.1) is 11.3 Å². The maximum Gasteiger partial charge on any atom is 0.410 e. The number of aryl methyl sites for hydroxylation is 1. The highest BCUT2D eigenvalue weighted by atomic mass is 32.1. The van der Waals surface area contributed by atoms with Crippen LogP contribution in [0.3, 0.4) is 0 Å². The molecule has 2 heterocycles. The molecular formula is C12H17N3O3S. The Morgan fingerprint density at radius 1 is 1.68 bits per heavy atom. The number of likely N-dealkylation sites (N-methyl/N-ethyl adjacent to an activating group) is 1. The van der Waals surface area contributed by atoms with Gasteiger partial charge in [0, 0.05) is 18.1 Å². The second-order valence-electron chi connectivity index (χ2n) is 4.54. The smallest absolute Gasteiger partial charge is 0.410 e. The number of rotatable bonds is 4. The Hall–Kier alpha value is -1.63. The molecule has 1 saturated heterocycles. The van der Waals surface area contributed by atoms with Crippen molar-refractivity contribution in [3.8, 4) is 0 Å². The van der Waals surface area contributed by atoms with Gasteiger partial charge in [0.05, 0.1) is 12.6 Å². The summed E-state index contributed by atoms with van der Waals surface area (Å²) in [5.74, 6) is -0.112. The highest BCUT2D eigenvalue weighted by Gasteiger charge is 2.27. The topological polar surface area (TPSA) is 62.7 Å². The molecule has 0 bridgehead atoms. The number of hydrogen-bond donors (Lipinski definition) is 0. The molecule has 104 valence electrons. The minimum atomic E-state index is -0.417. The van der Waals surface area contributed by atoms with E-state index in [-0.39, 0.29) is 18.5 Å². The Morgan fingerprint density at radius 3 is 2.95 bits per heavy atom. The predicted octanol–water partition coefficient (Wildman–Crippen LogP) is 1.42. The molecule has 19 heavy (non-hydrogen) atoms. The molecule has 0 aliphatic carbocycles. The van der Waals surface area contributed by atoms with Gasteiger partial charge in [0.25, 0.3) is 0 Å². The van der Waals surface area contributed by atoms with Gasteiger partial charge < -0.3 is 9.64 Å². The largest absolute Gasteiger partial charge is 0.448 e. The number of carbonyl (C=O) groups excluding carboxylic acids is 2. The molecule has 1 aromatic rings. The Kier molecular flexibility index (Phi) is 4.04. The van der Waals surface area contributed by atoms with Gasteiger partial charge in [0.1, 0.15) is 18.2 Å². The lowest BCUT2D eigenvalue weighted by Gasteiger charge is -2.25. The molecule has 0 radical (unpaired) electrons. The number of hydrogen-bond acceptors (Lipinski definition) is 5. The van der Waals surface area contributed by atoms with E-state index >= 15 is 0 Å². The average Bonchev–Trinajstić information content (AvgIpc) is 2.97. The van der Waals surface area contributed by atoms with Gasteiger partial charge in [0.15, 0.2) is 0 Å². The first-order valence-electron chi connectivity index (χ1n) is 6.08. The van der Waals surface area contributed by atoms with Crippen molar-refractivity contribution in [2.75, 3.05) is 26.7 Å². The van der Waals surface area contributed by atoms with Crippen molar-refractivity contribution in [1.29, 1.82) is 0 Å². The third-order valence-electron chi connectivity index (χ3n) is 3.14. The van der Waals surface area contributed by atoms with E-state index in [0.29, 0.717) is 13.2 Å². The molecule has 0 unspecified atom stereocenters. The van der Waals surface area contributed by atoms with Crippen molar-refractivity contribution in [3.05, 3.63) is 16.1 Å². The number of aromatic nitrogens is 1. The van der Waals surface area contributed by atoms with Crippen molar-refractivity contribution < 1.29 is 14.3 Å². The van der Waals surface area contributed by atoms with Crippen LogP contribution in [-0.4, -0.2) is 53.5 Å². The molecule has 1 fully saturated rings. The standard InChI is InChI=1S/C12H17N3O3S/c1-8-7-19-11(13-8)9(2)14(3)10(16)6-15-4-5-18-12(15)17/h7,9H,4-6H2,1-3H3/t9-/m0/s1. The Bertz CT molecular complexity index is 488. The quantitative estimate of drug-likeness (QED) is 0.838. The predicted molar refractivity (Wildman–Crippen MR) is 71.0 cm³/mol. The lowest BCUT2D eigenvalue weighted by molar-refractivity contribution is -0.132. The zero-order valence-electron chi connectivity index (χ0n) is 11.3. The summed E-state index contributed by atoms with van der Waals surface area (Å²) >= 11 is 1.54. The normalized spacial score (nSPS) is 16.4. The number of cyclic esters (lactones) is 1. The third-order valence-corrected chi connectivity index (χ3v) is 4.27. The van der Waals surface area contributed by atoms with E-state index in [1.54, 1.807) is 11.9 Å². The van der Waals surface area contributed by atoms with Gasteiger partial charge in [-0.1, -0.05) is 0 Å². The van der Waals surface area contributed by atoms with Gasteiger partial charge in [-0.25, -0.2) is 9.78 Å². The SMILES string of the molecule is Cc1csc([C@H](C)N(C)C(=O)CN2CCOC2=O)n1. The summed E-state index contributed by atoms with van der Waals surface area (Å²) in [4.78, 5) is 30.8. The summed E-state index contributed by atoms with van der Waals surface area (Å²) in [6, 6.07) is -0.0928. The highest BCUT2D eigenvalue weighted by molar-refractivity contribution is 7.09. The van der Waals surface area contributed by atoms with E-state index in [0.717, 1.165) is 10.7 Å². The molecule has 1 atom stereocenters. The fourth-order valence-electron chi connectivity index (χ4n) is 1.79. The lowest BCUT2D eigenvalue weighted by Crippen LogP contribution is -2.39. The molecule has 0 saturated carbocycles. The van der Waals surface area contributed by atoms with Gasteiger partial charge in [-0.3, -0.25) is 9.69 Å². The molecule has 2 rings (SSSR count). The average molecular weight is 283 g/mol. The van der Waals surface area contributed by atoms with Crippen molar-refractivity contribution >= 4 is 23.3 Å². The van der Waals surface area contributed by atoms with Crippen LogP contribution in [0.15, 0.2) is 5.38 Å². The Morgan fingerprint density at radius 2 is 2.42 bits per heavy atom. The van der Waals surface area contributed by atoms with E-state index in [2.05, 4.69) is 4.98 Å². The van der Waals surface area contributed by atoms with Crippen molar-refractivity contribution in [1.82, 2.24) is 14.8 Å². The molecular weight excluding hydrogens is 266 g/mol. The third kappa shape index (κ3) is 3.04. The lowest BCUT2D eigenvalue weighted by atomic mass is 10.3. The molecule has 6 nitrogen and oxygen atoms in total. The number of thiazole rings is 1. The molecule has 1 aliphatic heterocycles. The summed E-state index contributed by atoms with van der Waals surface area (Å²) < 4.78 is 4.80. The second kappa shape index (κ2) is 5.56. The van der Waals surface area contributed by atoms with Gasteiger partial charge in [-0.05, 0) is 13.8 Å². The summed E-state index contributed by atoms with van der Waals surface area (Å²) in [6.45, 7) is 4.75. The summed E-state index contributed by atoms with van der Waals surface area (Å²) in [6.07, 6.45) is -0.417. The molecule has 2 amide bonds.